The van der Waals surface area contributed by atoms with Gasteiger partial charge in [0.25, 0.3) is 5.56 Å². The molecule has 0 aromatic carbocycles. The molecule has 1 aliphatic heterocycles. The minimum absolute atomic E-state index is 0.0154. The third-order valence-corrected chi connectivity index (χ3v) is 2.66. The second-order valence-corrected chi connectivity index (χ2v) is 3.76. The molecule has 6 heteroatoms. The summed E-state index contributed by atoms with van der Waals surface area (Å²) in [6.07, 6.45) is 6.23. The Labute approximate surface area is 98.6 Å². The number of aromatic amines is 1. The summed E-state index contributed by atoms with van der Waals surface area (Å²) in [4.78, 5) is 27.6. The van der Waals surface area contributed by atoms with Crippen molar-refractivity contribution in [2.45, 2.75) is 38.8 Å². The smallest absolute Gasteiger partial charge is 0.357 e. The molecule has 0 amide bonds. The zero-order valence-corrected chi connectivity index (χ0v) is 9.77. The second kappa shape index (κ2) is 6.83. The Morgan fingerprint density at radius 3 is 2.71 bits per heavy atom. The summed E-state index contributed by atoms with van der Waals surface area (Å²) in [6.45, 7) is 2.78. The molecule has 6 nitrogen and oxygen atoms in total. The predicted octanol–water partition coefficient (Wildman–Crippen LogP) is 0.854. The first-order valence-corrected chi connectivity index (χ1v) is 5.63. The summed E-state index contributed by atoms with van der Waals surface area (Å²) in [7, 11) is 0. The fourth-order valence-corrected chi connectivity index (χ4v) is 1.80. The van der Waals surface area contributed by atoms with Crippen LogP contribution < -0.4 is 5.56 Å². The molecule has 2 heterocycles. The summed E-state index contributed by atoms with van der Waals surface area (Å²) in [5.41, 5.74) is 0.848. The molecule has 0 saturated carbocycles. The first kappa shape index (κ1) is 13.4. The number of nitrogens with one attached hydrogen (secondary N) is 1. The van der Waals surface area contributed by atoms with Crippen LogP contribution in [-0.4, -0.2) is 22.5 Å². The van der Waals surface area contributed by atoms with Crippen LogP contribution in [-0.2, 0) is 20.7 Å². The van der Waals surface area contributed by atoms with Crippen molar-refractivity contribution >= 4 is 6.15 Å². The van der Waals surface area contributed by atoms with E-state index < -0.39 is 0 Å². The predicted molar refractivity (Wildman–Crippen MR) is 58.3 cm³/mol. The maximum Gasteiger partial charge on any atom is 0.373 e. The van der Waals surface area contributed by atoms with Crippen LogP contribution in [0.4, 0.5) is 0 Å². The van der Waals surface area contributed by atoms with E-state index in [0.29, 0.717) is 0 Å². The quantitative estimate of drug-likeness (QED) is 0.831. The topological polar surface area (TPSA) is 81.2 Å². The van der Waals surface area contributed by atoms with Crippen molar-refractivity contribution < 1.29 is 14.3 Å². The Kier molecular flexibility index (Phi) is 5.39. The van der Waals surface area contributed by atoms with Gasteiger partial charge in [-0.15, -0.1) is 0 Å². The normalized spacial score (nSPS) is 19.0. The lowest BCUT2D eigenvalue weighted by Crippen LogP contribution is -2.20. The van der Waals surface area contributed by atoms with Crippen LogP contribution in [0.1, 0.15) is 38.0 Å². The van der Waals surface area contributed by atoms with Crippen molar-refractivity contribution in [3.8, 4) is 0 Å². The van der Waals surface area contributed by atoms with E-state index in [2.05, 4.69) is 5.10 Å². The van der Waals surface area contributed by atoms with Gasteiger partial charge < -0.3 is 4.74 Å². The average Bonchev–Trinajstić information content (AvgIpc) is 2.73. The van der Waals surface area contributed by atoms with E-state index in [9.17, 15) is 4.79 Å². The third-order valence-electron chi connectivity index (χ3n) is 2.66. The number of aryl methyl sites for hydroxylation is 1. The first-order chi connectivity index (χ1) is 8.22. The van der Waals surface area contributed by atoms with E-state index in [1.165, 1.54) is 6.42 Å². The van der Waals surface area contributed by atoms with Crippen molar-refractivity contribution in [2.24, 2.45) is 0 Å². The Hall–Kier alpha value is -1.65. The SMILES string of the molecule is CCc1cn(C2CCCCO2)[nH]c1=O.O=C=O. The highest BCUT2D eigenvalue weighted by molar-refractivity contribution is 5.20. The van der Waals surface area contributed by atoms with Crippen LogP contribution in [0, 0.1) is 0 Å². The van der Waals surface area contributed by atoms with Gasteiger partial charge in [-0.05, 0) is 25.7 Å². The van der Waals surface area contributed by atoms with Crippen LogP contribution in [0.15, 0.2) is 11.0 Å². The molecule has 1 aromatic heterocycles. The number of carbonyl (C=O) groups excluding carboxylic acids is 2. The summed E-state index contributed by atoms with van der Waals surface area (Å²) < 4.78 is 7.38. The maximum atomic E-state index is 11.4. The third kappa shape index (κ3) is 3.69. The zero-order chi connectivity index (χ0) is 12.7. The fourth-order valence-electron chi connectivity index (χ4n) is 1.80. The molecule has 94 valence electrons. The highest BCUT2D eigenvalue weighted by Crippen LogP contribution is 2.20. The molecule has 0 aliphatic carbocycles. The molecule has 0 radical (unpaired) electrons. The lowest BCUT2D eigenvalue weighted by Gasteiger charge is -2.23. The molecule has 1 saturated heterocycles. The molecule has 0 spiro atoms. The summed E-state index contributed by atoms with van der Waals surface area (Å²) in [5, 5.41) is 2.80. The van der Waals surface area contributed by atoms with E-state index in [-0.39, 0.29) is 17.9 Å². The van der Waals surface area contributed by atoms with E-state index in [0.717, 1.165) is 31.4 Å². The molecule has 1 aliphatic rings. The maximum absolute atomic E-state index is 11.4. The minimum atomic E-state index is 0.0154. The Morgan fingerprint density at radius 2 is 2.24 bits per heavy atom. The van der Waals surface area contributed by atoms with Crippen molar-refractivity contribution in [3.63, 3.8) is 0 Å². The van der Waals surface area contributed by atoms with Crippen LogP contribution in [0.3, 0.4) is 0 Å². The van der Waals surface area contributed by atoms with Gasteiger partial charge in [-0.2, -0.15) is 9.59 Å². The zero-order valence-electron chi connectivity index (χ0n) is 9.77. The molecule has 1 atom stereocenters. The summed E-state index contributed by atoms with van der Waals surface area (Å²) >= 11 is 0. The van der Waals surface area contributed by atoms with Crippen molar-refractivity contribution in [3.05, 3.63) is 22.1 Å². The van der Waals surface area contributed by atoms with E-state index in [1.54, 1.807) is 4.68 Å². The van der Waals surface area contributed by atoms with Gasteiger partial charge in [0.1, 0.15) is 6.23 Å². The molecule has 2 rings (SSSR count). The second-order valence-electron chi connectivity index (χ2n) is 3.76. The Bertz CT molecular complexity index is 423. The molecular formula is C11H16N2O4. The van der Waals surface area contributed by atoms with Gasteiger partial charge in [0.05, 0.1) is 0 Å². The van der Waals surface area contributed by atoms with E-state index in [1.807, 2.05) is 13.1 Å². The van der Waals surface area contributed by atoms with Crippen LogP contribution in [0.5, 0.6) is 0 Å². The van der Waals surface area contributed by atoms with Gasteiger partial charge in [0.2, 0.25) is 0 Å². The van der Waals surface area contributed by atoms with Crippen LogP contribution in [0.25, 0.3) is 0 Å². The van der Waals surface area contributed by atoms with E-state index in [4.69, 9.17) is 14.3 Å². The number of aromatic nitrogens is 2. The summed E-state index contributed by atoms with van der Waals surface area (Å²) in [5.74, 6) is 0. The van der Waals surface area contributed by atoms with Gasteiger partial charge in [-0.25, -0.2) is 0 Å². The molecule has 1 N–H and O–H groups in total. The number of hydrogen-bond acceptors (Lipinski definition) is 4. The van der Waals surface area contributed by atoms with Crippen molar-refractivity contribution in [1.29, 1.82) is 0 Å². The standard InChI is InChI=1S/C10H16N2O2.CO2/c1-2-8-7-12(11-10(8)13)9-5-3-4-6-14-9;2-1-3/h7,9H,2-6H2,1H3,(H,11,13);. The van der Waals surface area contributed by atoms with Crippen LogP contribution in [0.2, 0.25) is 0 Å². The van der Waals surface area contributed by atoms with Crippen LogP contribution >= 0.6 is 0 Å². The summed E-state index contributed by atoms with van der Waals surface area (Å²) in [6, 6.07) is 0. The number of hydrogen-bond donors (Lipinski definition) is 1. The largest absolute Gasteiger partial charge is 0.373 e. The van der Waals surface area contributed by atoms with Crippen molar-refractivity contribution in [1.82, 2.24) is 9.78 Å². The van der Waals surface area contributed by atoms with Gasteiger partial charge in [-0.1, -0.05) is 6.92 Å². The number of H-pyrrole nitrogens is 1. The van der Waals surface area contributed by atoms with Gasteiger partial charge in [0.15, 0.2) is 0 Å². The Morgan fingerprint density at radius 1 is 1.53 bits per heavy atom. The lowest BCUT2D eigenvalue weighted by molar-refractivity contribution is -0.191. The number of ether oxygens (including phenoxy) is 1. The monoisotopic (exact) mass is 240 g/mol. The highest BCUT2D eigenvalue weighted by atomic mass is 16.5. The minimum Gasteiger partial charge on any atom is -0.357 e. The van der Waals surface area contributed by atoms with Gasteiger partial charge in [0, 0.05) is 18.4 Å². The van der Waals surface area contributed by atoms with Crippen molar-refractivity contribution in [2.75, 3.05) is 6.61 Å². The van der Waals surface area contributed by atoms with Gasteiger partial charge in [-0.3, -0.25) is 14.6 Å². The molecule has 0 bridgehead atoms. The average molecular weight is 240 g/mol. The van der Waals surface area contributed by atoms with E-state index >= 15 is 0 Å². The molecule has 17 heavy (non-hydrogen) atoms. The lowest BCUT2D eigenvalue weighted by atomic mass is 10.2. The number of nitrogens with zero attached hydrogens (tertiary/aromatic N) is 1. The molecule has 1 fully saturated rings. The Balaban J connectivity index is 0.000000437. The highest BCUT2D eigenvalue weighted by Gasteiger charge is 2.16. The first-order valence-electron chi connectivity index (χ1n) is 5.63. The number of rotatable bonds is 2. The molecular weight excluding hydrogens is 224 g/mol. The fraction of sp³-hybridized carbons (Fsp3) is 0.636. The molecule has 1 aromatic rings. The molecule has 1 unspecified atom stereocenters. The van der Waals surface area contributed by atoms with Gasteiger partial charge >= 0.3 is 6.15 Å².